The Kier molecular flexibility index (Phi) is 4.05. The van der Waals surface area contributed by atoms with E-state index in [0.29, 0.717) is 11.5 Å². The van der Waals surface area contributed by atoms with Crippen LogP contribution < -0.4 is 15.2 Å². The second kappa shape index (κ2) is 5.92. The number of hydrogen-bond donors (Lipinski definition) is 2. The van der Waals surface area contributed by atoms with Crippen molar-refractivity contribution in [1.29, 1.82) is 0 Å². The molecule has 0 spiro atoms. The van der Waals surface area contributed by atoms with E-state index in [4.69, 9.17) is 20.4 Å². The molecule has 104 valence electrons. The van der Waals surface area contributed by atoms with Crippen molar-refractivity contribution in [1.82, 2.24) is 0 Å². The van der Waals surface area contributed by atoms with Gasteiger partial charge in [-0.2, -0.15) is 0 Å². The maximum absolute atomic E-state index is 13.9. The Morgan fingerprint density at radius 2 is 1.95 bits per heavy atom. The lowest BCUT2D eigenvalue weighted by atomic mass is 10.2. The molecule has 0 heterocycles. The van der Waals surface area contributed by atoms with Gasteiger partial charge >= 0.3 is 0 Å². The van der Waals surface area contributed by atoms with Gasteiger partial charge in [-0.3, -0.25) is 0 Å². The van der Waals surface area contributed by atoms with Gasteiger partial charge in [-0.15, -0.1) is 0 Å². The molecule has 6 heteroatoms. The average molecular weight is 276 g/mol. The molecule has 2 aromatic carbocycles. The fraction of sp³-hybridized carbons (Fsp3) is 0.0714. The Balaban J connectivity index is 2.25. The molecule has 0 fully saturated rings. The molecule has 2 rings (SSSR count). The summed E-state index contributed by atoms with van der Waals surface area (Å²) >= 11 is 0. The van der Waals surface area contributed by atoms with Crippen molar-refractivity contribution in [3.05, 3.63) is 53.8 Å². The molecule has 0 aliphatic rings. The number of methoxy groups -OCH3 is 1. The Morgan fingerprint density at radius 1 is 1.20 bits per heavy atom. The van der Waals surface area contributed by atoms with Crippen molar-refractivity contribution in [3.63, 3.8) is 0 Å². The number of nitrogens with two attached hydrogens (primary N) is 1. The van der Waals surface area contributed by atoms with Crippen molar-refractivity contribution in [3.8, 4) is 17.2 Å². The van der Waals surface area contributed by atoms with Crippen molar-refractivity contribution >= 4 is 5.84 Å². The van der Waals surface area contributed by atoms with E-state index in [2.05, 4.69) is 5.16 Å². The smallest absolute Gasteiger partial charge is 0.170 e. The van der Waals surface area contributed by atoms with Gasteiger partial charge in [0, 0.05) is 11.6 Å². The van der Waals surface area contributed by atoms with Crippen LogP contribution in [0.3, 0.4) is 0 Å². The van der Waals surface area contributed by atoms with Crippen LogP contribution in [0.2, 0.25) is 0 Å². The molecule has 0 bridgehead atoms. The summed E-state index contributed by atoms with van der Waals surface area (Å²) in [7, 11) is 1.53. The molecular weight excluding hydrogens is 263 g/mol. The third-order valence-electron chi connectivity index (χ3n) is 2.60. The van der Waals surface area contributed by atoms with E-state index >= 15 is 0 Å². The van der Waals surface area contributed by atoms with Crippen LogP contribution >= 0.6 is 0 Å². The van der Waals surface area contributed by atoms with E-state index in [1.807, 2.05) is 0 Å². The van der Waals surface area contributed by atoms with E-state index in [9.17, 15) is 4.39 Å². The number of benzene rings is 2. The lowest BCUT2D eigenvalue weighted by Crippen LogP contribution is -2.13. The fourth-order valence-corrected chi connectivity index (χ4v) is 1.59. The Bertz CT molecular complexity index is 644. The van der Waals surface area contributed by atoms with Gasteiger partial charge in [-0.05, 0) is 30.3 Å². The van der Waals surface area contributed by atoms with E-state index in [1.54, 1.807) is 24.3 Å². The Labute approximate surface area is 115 Å². The molecule has 0 aliphatic heterocycles. The first kappa shape index (κ1) is 13.7. The molecule has 5 nitrogen and oxygen atoms in total. The maximum atomic E-state index is 13.9. The first-order chi connectivity index (χ1) is 9.63. The van der Waals surface area contributed by atoms with Crippen LogP contribution in [-0.2, 0) is 0 Å². The molecule has 3 N–H and O–H groups in total. The van der Waals surface area contributed by atoms with Crippen molar-refractivity contribution in [2.75, 3.05) is 7.11 Å². The minimum Gasteiger partial charge on any atom is -0.497 e. The summed E-state index contributed by atoms with van der Waals surface area (Å²) in [6.45, 7) is 0. The van der Waals surface area contributed by atoms with Gasteiger partial charge in [-0.25, -0.2) is 4.39 Å². The van der Waals surface area contributed by atoms with Gasteiger partial charge in [-0.1, -0.05) is 11.2 Å². The third-order valence-corrected chi connectivity index (χ3v) is 2.60. The third kappa shape index (κ3) is 2.97. The van der Waals surface area contributed by atoms with E-state index in [1.165, 1.54) is 19.2 Å². The summed E-state index contributed by atoms with van der Waals surface area (Å²) < 4.78 is 24.3. The SMILES string of the molecule is COc1cccc(Oc2ccc(/C(N)=N/O)cc2F)c1. The van der Waals surface area contributed by atoms with Gasteiger partial charge in [0.2, 0.25) is 0 Å². The second-order valence-electron chi connectivity index (χ2n) is 3.91. The molecule has 0 aromatic heterocycles. The fourth-order valence-electron chi connectivity index (χ4n) is 1.59. The molecule has 0 unspecified atom stereocenters. The zero-order chi connectivity index (χ0) is 14.5. The quantitative estimate of drug-likeness (QED) is 0.389. The Morgan fingerprint density at radius 3 is 2.60 bits per heavy atom. The highest BCUT2D eigenvalue weighted by Gasteiger charge is 2.09. The van der Waals surface area contributed by atoms with Crippen LogP contribution in [0.5, 0.6) is 17.2 Å². The predicted molar refractivity (Wildman–Crippen MR) is 72.0 cm³/mol. The Hall–Kier alpha value is -2.76. The highest BCUT2D eigenvalue weighted by atomic mass is 19.1. The lowest BCUT2D eigenvalue weighted by molar-refractivity contribution is 0.318. The number of rotatable bonds is 4. The number of hydrogen-bond acceptors (Lipinski definition) is 4. The molecule has 0 amide bonds. The molecule has 0 radical (unpaired) electrons. The van der Waals surface area contributed by atoms with Gasteiger partial charge in [0.25, 0.3) is 0 Å². The number of amidine groups is 1. The van der Waals surface area contributed by atoms with Crippen molar-refractivity contribution < 1.29 is 19.1 Å². The monoisotopic (exact) mass is 276 g/mol. The molecular formula is C14H13FN2O3. The van der Waals surface area contributed by atoms with Gasteiger partial charge in [0.15, 0.2) is 17.4 Å². The van der Waals surface area contributed by atoms with E-state index in [0.717, 1.165) is 6.07 Å². The number of halogens is 1. The zero-order valence-corrected chi connectivity index (χ0v) is 10.7. The predicted octanol–water partition coefficient (Wildman–Crippen LogP) is 2.72. The molecule has 0 aliphatic carbocycles. The lowest BCUT2D eigenvalue weighted by Gasteiger charge is -2.09. The van der Waals surface area contributed by atoms with E-state index < -0.39 is 5.82 Å². The van der Waals surface area contributed by atoms with Crippen LogP contribution in [-0.4, -0.2) is 18.2 Å². The van der Waals surface area contributed by atoms with Crippen LogP contribution in [0.15, 0.2) is 47.6 Å². The number of ether oxygens (including phenoxy) is 2. The van der Waals surface area contributed by atoms with Crippen LogP contribution in [0, 0.1) is 5.82 Å². The van der Waals surface area contributed by atoms with Gasteiger partial charge in [0.05, 0.1) is 7.11 Å². The molecule has 20 heavy (non-hydrogen) atoms. The van der Waals surface area contributed by atoms with E-state index in [-0.39, 0.29) is 17.1 Å². The second-order valence-corrected chi connectivity index (χ2v) is 3.91. The standard InChI is InChI=1S/C14H13FN2O3/c1-19-10-3-2-4-11(8-10)20-13-6-5-9(7-12(13)15)14(16)17-18/h2-8,18H,1H3,(H2,16,17). The summed E-state index contributed by atoms with van der Waals surface area (Å²) in [5.41, 5.74) is 5.65. The topological polar surface area (TPSA) is 77.1 Å². The van der Waals surface area contributed by atoms with Crippen molar-refractivity contribution in [2.45, 2.75) is 0 Å². The average Bonchev–Trinajstić information content (AvgIpc) is 2.48. The van der Waals surface area contributed by atoms with Crippen LogP contribution in [0.25, 0.3) is 0 Å². The molecule has 0 atom stereocenters. The summed E-state index contributed by atoms with van der Waals surface area (Å²) in [5, 5.41) is 11.3. The highest BCUT2D eigenvalue weighted by Crippen LogP contribution is 2.27. The first-order valence-corrected chi connectivity index (χ1v) is 5.73. The molecule has 0 saturated carbocycles. The summed E-state index contributed by atoms with van der Waals surface area (Å²) in [6.07, 6.45) is 0. The molecule has 0 saturated heterocycles. The zero-order valence-electron chi connectivity index (χ0n) is 10.7. The first-order valence-electron chi connectivity index (χ1n) is 5.73. The maximum Gasteiger partial charge on any atom is 0.170 e. The summed E-state index contributed by atoms with van der Waals surface area (Å²) in [5.74, 6) is 0.303. The molecule has 2 aromatic rings. The normalized spacial score (nSPS) is 11.2. The highest BCUT2D eigenvalue weighted by molar-refractivity contribution is 5.97. The van der Waals surface area contributed by atoms with Gasteiger partial charge < -0.3 is 20.4 Å². The minimum atomic E-state index is -0.614. The summed E-state index contributed by atoms with van der Waals surface area (Å²) in [4.78, 5) is 0. The van der Waals surface area contributed by atoms with Gasteiger partial charge in [0.1, 0.15) is 11.5 Å². The minimum absolute atomic E-state index is 0.0349. The summed E-state index contributed by atoms with van der Waals surface area (Å²) in [6, 6.07) is 10.8. The largest absolute Gasteiger partial charge is 0.497 e. The number of oxime groups is 1. The van der Waals surface area contributed by atoms with Crippen LogP contribution in [0.1, 0.15) is 5.56 Å². The van der Waals surface area contributed by atoms with Crippen molar-refractivity contribution in [2.24, 2.45) is 10.9 Å². The number of nitrogens with zero attached hydrogens (tertiary/aromatic N) is 1. The van der Waals surface area contributed by atoms with Crippen LogP contribution in [0.4, 0.5) is 4.39 Å².